The van der Waals surface area contributed by atoms with Gasteiger partial charge in [-0.05, 0) is 30.7 Å². The van der Waals surface area contributed by atoms with Gasteiger partial charge in [-0.15, -0.1) is 24.0 Å². The fraction of sp³-hybridized carbons (Fsp3) is 0.333. The number of ether oxygens (including phenoxy) is 1. The van der Waals surface area contributed by atoms with Crippen LogP contribution in [0.1, 0.15) is 11.3 Å². The lowest BCUT2D eigenvalue weighted by molar-refractivity contribution is 0.270. The van der Waals surface area contributed by atoms with Gasteiger partial charge in [0.2, 0.25) is 0 Å². The van der Waals surface area contributed by atoms with Crippen molar-refractivity contribution in [1.29, 1.82) is 0 Å². The van der Waals surface area contributed by atoms with Crippen LogP contribution in [0.3, 0.4) is 0 Å². The van der Waals surface area contributed by atoms with Gasteiger partial charge in [0.1, 0.15) is 6.61 Å². The number of pyridine rings is 1. The molecule has 0 saturated heterocycles. The number of para-hydroxylation sites is 1. The molecule has 1 aromatic carbocycles. The Hall–Kier alpha value is -1.90. The molecule has 1 aromatic heterocycles. The minimum Gasteiger partial charge on any atom is -0.489 e. The number of hydrogen-bond acceptors (Lipinski definition) is 3. The zero-order chi connectivity index (χ0) is 17.4. The summed E-state index contributed by atoms with van der Waals surface area (Å²) in [7, 11) is 3.63. The minimum absolute atomic E-state index is 0. The van der Waals surface area contributed by atoms with Crippen molar-refractivity contribution in [3.8, 4) is 5.75 Å². The van der Waals surface area contributed by atoms with Crippen LogP contribution in [0.25, 0.3) is 0 Å². The maximum atomic E-state index is 13.5. The van der Waals surface area contributed by atoms with Crippen LogP contribution in [-0.2, 0) is 6.54 Å². The van der Waals surface area contributed by atoms with Crippen LogP contribution in [0.15, 0.2) is 47.6 Å². The van der Waals surface area contributed by atoms with Crippen molar-refractivity contribution in [1.82, 2.24) is 15.2 Å². The predicted molar refractivity (Wildman–Crippen MR) is 109 cm³/mol. The van der Waals surface area contributed by atoms with E-state index in [1.165, 1.54) is 6.07 Å². The number of likely N-dealkylation sites (N-methyl/N-ethyl adjacent to an activating group) is 1. The molecule has 2 aromatic rings. The summed E-state index contributed by atoms with van der Waals surface area (Å²) < 4.78 is 19.0. The van der Waals surface area contributed by atoms with Crippen LogP contribution in [0.4, 0.5) is 4.39 Å². The van der Waals surface area contributed by atoms with Gasteiger partial charge in [-0.3, -0.25) is 9.98 Å². The molecule has 7 heteroatoms. The Morgan fingerprint density at radius 2 is 2.04 bits per heavy atom. The zero-order valence-electron chi connectivity index (χ0n) is 14.7. The normalized spacial score (nSPS) is 10.8. The van der Waals surface area contributed by atoms with E-state index >= 15 is 0 Å². The van der Waals surface area contributed by atoms with E-state index in [1.54, 1.807) is 31.4 Å². The van der Waals surface area contributed by atoms with Crippen LogP contribution >= 0.6 is 24.0 Å². The number of aliphatic imine (C=N–C) groups is 1. The van der Waals surface area contributed by atoms with Gasteiger partial charge in [0.15, 0.2) is 17.5 Å². The number of aryl methyl sites for hydroxylation is 1. The van der Waals surface area contributed by atoms with Crippen molar-refractivity contribution >= 4 is 29.9 Å². The van der Waals surface area contributed by atoms with Gasteiger partial charge in [-0.25, -0.2) is 4.39 Å². The average molecular weight is 458 g/mol. The van der Waals surface area contributed by atoms with Gasteiger partial charge in [-0.1, -0.05) is 18.2 Å². The van der Waals surface area contributed by atoms with E-state index in [2.05, 4.69) is 15.3 Å². The maximum absolute atomic E-state index is 13.5. The molecule has 136 valence electrons. The summed E-state index contributed by atoms with van der Waals surface area (Å²) in [6, 6.07) is 10.3. The molecule has 0 aliphatic carbocycles. The Labute approximate surface area is 165 Å². The van der Waals surface area contributed by atoms with Crippen LogP contribution in [-0.4, -0.2) is 43.1 Å². The summed E-state index contributed by atoms with van der Waals surface area (Å²) in [5.41, 5.74) is 2.11. The molecule has 1 heterocycles. The van der Waals surface area contributed by atoms with Gasteiger partial charge in [0.25, 0.3) is 0 Å². The number of aromatic nitrogens is 1. The van der Waals surface area contributed by atoms with E-state index in [9.17, 15) is 4.39 Å². The smallest absolute Gasteiger partial charge is 0.193 e. The second-order valence-corrected chi connectivity index (χ2v) is 5.37. The molecule has 0 radical (unpaired) electrons. The van der Waals surface area contributed by atoms with Crippen LogP contribution < -0.4 is 10.1 Å². The van der Waals surface area contributed by atoms with E-state index in [4.69, 9.17) is 4.74 Å². The van der Waals surface area contributed by atoms with Crippen molar-refractivity contribution in [3.63, 3.8) is 0 Å². The summed E-state index contributed by atoms with van der Waals surface area (Å²) in [4.78, 5) is 10.5. The molecule has 0 fully saturated rings. The van der Waals surface area contributed by atoms with E-state index in [1.807, 2.05) is 31.0 Å². The monoisotopic (exact) mass is 458 g/mol. The number of halogens is 2. The van der Waals surface area contributed by atoms with Crippen molar-refractivity contribution in [3.05, 3.63) is 59.7 Å². The Kier molecular flexibility index (Phi) is 9.18. The molecule has 0 atom stereocenters. The molecule has 5 nitrogen and oxygen atoms in total. The van der Waals surface area contributed by atoms with Crippen molar-refractivity contribution in [2.45, 2.75) is 13.5 Å². The molecule has 25 heavy (non-hydrogen) atoms. The third-order valence-corrected chi connectivity index (χ3v) is 3.63. The highest BCUT2D eigenvalue weighted by molar-refractivity contribution is 14.0. The van der Waals surface area contributed by atoms with Gasteiger partial charge < -0.3 is 15.0 Å². The minimum atomic E-state index is -0.353. The standard InChI is InChI=1S/C18H23FN4O.HI/c1-14-7-6-10-21-16(14)13-22-18(20-2)23(3)11-12-24-17-9-5-4-8-15(17)19;/h4-10H,11-13H2,1-3H3,(H,20,22);1H. The SMILES string of the molecule is CN=C(NCc1ncccc1C)N(C)CCOc1ccccc1F.I. The Balaban J connectivity index is 0.00000312. The molecule has 0 bridgehead atoms. The van der Waals surface area contributed by atoms with Gasteiger partial charge in [0.05, 0.1) is 18.8 Å². The fourth-order valence-electron chi connectivity index (χ4n) is 2.21. The lowest BCUT2D eigenvalue weighted by atomic mass is 10.2. The number of rotatable bonds is 6. The second kappa shape index (κ2) is 10.9. The molecule has 0 aliphatic rings. The van der Waals surface area contributed by atoms with Gasteiger partial charge in [0, 0.05) is 20.3 Å². The lowest BCUT2D eigenvalue weighted by Crippen LogP contribution is -2.40. The quantitative estimate of drug-likeness (QED) is 0.411. The molecule has 0 saturated carbocycles. The van der Waals surface area contributed by atoms with Gasteiger partial charge >= 0.3 is 0 Å². The highest BCUT2D eigenvalue weighted by Gasteiger charge is 2.08. The van der Waals surface area contributed by atoms with E-state index in [0.29, 0.717) is 19.7 Å². The topological polar surface area (TPSA) is 49.8 Å². The summed E-state index contributed by atoms with van der Waals surface area (Å²) in [6.07, 6.45) is 1.78. The highest BCUT2D eigenvalue weighted by Crippen LogP contribution is 2.15. The first kappa shape index (κ1) is 21.1. The Morgan fingerprint density at radius 1 is 1.28 bits per heavy atom. The largest absolute Gasteiger partial charge is 0.489 e. The van der Waals surface area contributed by atoms with Crippen molar-refractivity contribution < 1.29 is 9.13 Å². The molecule has 1 N–H and O–H groups in total. The number of benzene rings is 1. The molecule has 0 aliphatic heterocycles. The number of guanidine groups is 1. The van der Waals surface area contributed by atoms with Crippen LogP contribution in [0, 0.1) is 12.7 Å². The Morgan fingerprint density at radius 3 is 2.72 bits per heavy atom. The summed E-state index contributed by atoms with van der Waals surface area (Å²) in [5, 5.41) is 3.27. The summed E-state index contributed by atoms with van der Waals surface area (Å²) >= 11 is 0. The van der Waals surface area contributed by atoms with Crippen LogP contribution in [0.5, 0.6) is 5.75 Å². The first-order valence-electron chi connectivity index (χ1n) is 7.81. The third kappa shape index (κ3) is 6.49. The third-order valence-electron chi connectivity index (χ3n) is 3.63. The molecular formula is C18H24FIN4O. The second-order valence-electron chi connectivity index (χ2n) is 5.37. The van der Waals surface area contributed by atoms with Crippen LogP contribution in [0.2, 0.25) is 0 Å². The van der Waals surface area contributed by atoms with Gasteiger partial charge in [-0.2, -0.15) is 0 Å². The zero-order valence-corrected chi connectivity index (χ0v) is 17.0. The Bertz CT molecular complexity index is 696. The fourth-order valence-corrected chi connectivity index (χ4v) is 2.21. The molecule has 0 amide bonds. The van der Waals surface area contributed by atoms with E-state index in [0.717, 1.165) is 17.2 Å². The summed E-state index contributed by atoms with van der Waals surface area (Å²) in [5.74, 6) is 0.642. The first-order valence-corrected chi connectivity index (χ1v) is 7.81. The number of hydrogen-bond donors (Lipinski definition) is 1. The molecular weight excluding hydrogens is 434 g/mol. The number of nitrogens with zero attached hydrogens (tertiary/aromatic N) is 3. The molecule has 0 unspecified atom stereocenters. The van der Waals surface area contributed by atoms with E-state index < -0.39 is 0 Å². The van der Waals surface area contributed by atoms with Crippen molar-refractivity contribution in [2.24, 2.45) is 4.99 Å². The lowest BCUT2D eigenvalue weighted by Gasteiger charge is -2.22. The molecule has 0 spiro atoms. The number of nitrogens with one attached hydrogen (secondary N) is 1. The van der Waals surface area contributed by atoms with E-state index in [-0.39, 0.29) is 35.5 Å². The summed E-state index contributed by atoms with van der Waals surface area (Å²) in [6.45, 7) is 3.56. The molecule has 2 rings (SSSR count). The maximum Gasteiger partial charge on any atom is 0.193 e. The average Bonchev–Trinajstić information content (AvgIpc) is 2.58. The van der Waals surface area contributed by atoms with Crippen molar-refractivity contribution in [2.75, 3.05) is 27.2 Å². The highest BCUT2D eigenvalue weighted by atomic mass is 127. The first-order chi connectivity index (χ1) is 11.6. The predicted octanol–water partition coefficient (Wildman–Crippen LogP) is 3.23.